The molecular formula is C20H19N2S+. The Bertz CT molecular complexity index is 944. The summed E-state index contributed by atoms with van der Waals surface area (Å²) in [6.45, 7) is 2.14. The molecule has 0 aliphatic carbocycles. The molecule has 114 valence electrons. The van der Waals surface area contributed by atoms with Gasteiger partial charge in [0.2, 0.25) is 5.52 Å². The summed E-state index contributed by atoms with van der Waals surface area (Å²) >= 11 is 1.84. The first-order valence-electron chi connectivity index (χ1n) is 7.75. The van der Waals surface area contributed by atoms with Crippen molar-refractivity contribution in [2.75, 3.05) is 11.9 Å². The minimum absolute atomic E-state index is 1.25. The Labute approximate surface area is 141 Å². The number of nitrogens with zero attached hydrogens (tertiary/aromatic N) is 2. The monoisotopic (exact) mass is 319 g/mol. The van der Waals surface area contributed by atoms with Crippen molar-refractivity contribution in [3.8, 4) is 0 Å². The molecule has 4 rings (SSSR count). The lowest BCUT2D eigenvalue weighted by atomic mass is 10.1. The zero-order valence-corrected chi connectivity index (χ0v) is 14.4. The maximum absolute atomic E-state index is 2.29. The number of aromatic nitrogens is 1. The van der Waals surface area contributed by atoms with Gasteiger partial charge in [0.25, 0.3) is 0 Å². The number of pyridine rings is 1. The number of aryl methyl sites for hydroxylation is 2. The fourth-order valence-corrected chi connectivity index (χ4v) is 4.13. The van der Waals surface area contributed by atoms with Crippen LogP contribution in [0.3, 0.4) is 0 Å². The first kappa shape index (κ1) is 14.3. The van der Waals surface area contributed by atoms with Gasteiger partial charge in [-0.15, -0.1) is 0 Å². The highest BCUT2D eigenvalue weighted by Gasteiger charge is 2.22. The van der Waals surface area contributed by atoms with Gasteiger partial charge in [0.15, 0.2) is 6.20 Å². The van der Waals surface area contributed by atoms with Crippen LogP contribution in [0.4, 0.5) is 5.69 Å². The van der Waals surface area contributed by atoms with Gasteiger partial charge in [-0.25, -0.2) is 4.57 Å². The van der Waals surface area contributed by atoms with Crippen molar-refractivity contribution in [1.29, 1.82) is 0 Å². The molecule has 0 N–H and O–H groups in total. The van der Waals surface area contributed by atoms with E-state index in [-0.39, 0.29) is 0 Å². The molecular weight excluding hydrogens is 300 g/mol. The van der Waals surface area contributed by atoms with Gasteiger partial charge in [-0.05, 0) is 42.3 Å². The highest BCUT2D eigenvalue weighted by atomic mass is 32.2. The summed E-state index contributed by atoms with van der Waals surface area (Å²) in [6, 6.07) is 17.4. The fourth-order valence-electron chi connectivity index (χ4n) is 3.05. The van der Waals surface area contributed by atoms with Gasteiger partial charge >= 0.3 is 0 Å². The van der Waals surface area contributed by atoms with Crippen LogP contribution in [0, 0.1) is 6.92 Å². The molecule has 1 aliphatic heterocycles. The predicted molar refractivity (Wildman–Crippen MR) is 98.5 cm³/mol. The van der Waals surface area contributed by atoms with E-state index in [1.807, 2.05) is 11.8 Å². The van der Waals surface area contributed by atoms with E-state index < -0.39 is 0 Å². The standard InChI is InChI=1S/C20H19N2S/c1-14-8-9-19-18(12-14)22(3)20(23-19)13-15-10-11-21(2)17-7-5-4-6-16(15)17/h4-13H,1-3H3/q+1. The second-order valence-electron chi connectivity index (χ2n) is 6.01. The van der Waals surface area contributed by atoms with Crippen molar-refractivity contribution in [3.63, 3.8) is 0 Å². The number of thioether (sulfide) groups is 1. The lowest BCUT2D eigenvalue weighted by Gasteiger charge is -2.14. The van der Waals surface area contributed by atoms with Gasteiger partial charge in [-0.1, -0.05) is 30.0 Å². The van der Waals surface area contributed by atoms with E-state index in [0.717, 1.165) is 0 Å². The zero-order chi connectivity index (χ0) is 16.0. The van der Waals surface area contributed by atoms with E-state index in [0.29, 0.717) is 0 Å². The number of hydrogen-bond acceptors (Lipinski definition) is 2. The highest BCUT2D eigenvalue weighted by molar-refractivity contribution is 8.03. The number of rotatable bonds is 1. The Hall–Kier alpha value is -2.26. The van der Waals surface area contributed by atoms with Crippen molar-refractivity contribution in [2.45, 2.75) is 11.8 Å². The summed E-state index contributed by atoms with van der Waals surface area (Å²) in [5.41, 5.74) is 5.11. The molecule has 1 aromatic heterocycles. The van der Waals surface area contributed by atoms with Gasteiger partial charge in [-0.3, -0.25) is 0 Å². The van der Waals surface area contributed by atoms with E-state index in [1.165, 1.54) is 37.6 Å². The van der Waals surface area contributed by atoms with Crippen LogP contribution in [0.5, 0.6) is 0 Å². The lowest BCUT2D eigenvalue weighted by Crippen LogP contribution is -2.28. The number of anilines is 1. The third kappa shape index (κ3) is 2.41. The zero-order valence-electron chi connectivity index (χ0n) is 13.6. The molecule has 0 saturated heterocycles. The Morgan fingerprint density at radius 3 is 2.78 bits per heavy atom. The molecule has 2 aromatic carbocycles. The molecule has 0 bridgehead atoms. The summed E-state index contributed by atoms with van der Waals surface area (Å²) in [4.78, 5) is 3.62. The molecule has 3 aromatic rings. The second kappa shape index (κ2) is 5.43. The van der Waals surface area contributed by atoms with Crippen LogP contribution in [-0.2, 0) is 7.05 Å². The summed E-state index contributed by atoms with van der Waals surface area (Å²) in [6.07, 6.45) is 4.42. The normalized spacial score (nSPS) is 15.4. The number of benzene rings is 2. The Kier molecular flexibility index (Phi) is 3.38. The second-order valence-corrected chi connectivity index (χ2v) is 7.08. The minimum atomic E-state index is 1.25. The van der Waals surface area contributed by atoms with Gasteiger partial charge in [0.05, 0.1) is 16.1 Å². The predicted octanol–water partition coefficient (Wildman–Crippen LogP) is 4.51. The molecule has 0 amide bonds. The lowest BCUT2D eigenvalue weighted by molar-refractivity contribution is -0.644. The SMILES string of the molecule is Cc1ccc2c(c1)N(C)/C(=C\c1cc[n+](C)c3ccccc13)S2. The molecule has 3 heteroatoms. The molecule has 0 radical (unpaired) electrons. The Morgan fingerprint density at radius 1 is 1.09 bits per heavy atom. The van der Waals surface area contributed by atoms with E-state index in [1.54, 1.807) is 0 Å². The van der Waals surface area contributed by atoms with E-state index in [2.05, 4.69) is 91.3 Å². The van der Waals surface area contributed by atoms with Crippen LogP contribution in [0.2, 0.25) is 0 Å². The third-order valence-electron chi connectivity index (χ3n) is 4.37. The van der Waals surface area contributed by atoms with E-state index in [9.17, 15) is 0 Å². The van der Waals surface area contributed by atoms with Gasteiger partial charge < -0.3 is 4.90 Å². The van der Waals surface area contributed by atoms with Crippen LogP contribution in [-0.4, -0.2) is 7.05 Å². The number of hydrogen-bond donors (Lipinski definition) is 0. The van der Waals surface area contributed by atoms with Crippen LogP contribution < -0.4 is 9.47 Å². The molecule has 1 aliphatic rings. The van der Waals surface area contributed by atoms with Crippen LogP contribution >= 0.6 is 11.8 Å². The molecule has 0 atom stereocenters. The van der Waals surface area contributed by atoms with Crippen LogP contribution in [0.1, 0.15) is 11.1 Å². The molecule has 0 spiro atoms. The van der Waals surface area contributed by atoms with Gasteiger partial charge in [0.1, 0.15) is 7.05 Å². The fraction of sp³-hybridized carbons (Fsp3) is 0.150. The minimum Gasteiger partial charge on any atom is -0.338 e. The molecule has 2 nitrogen and oxygen atoms in total. The first-order valence-corrected chi connectivity index (χ1v) is 8.56. The quantitative estimate of drug-likeness (QED) is 0.609. The highest BCUT2D eigenvalue weighted by Crippen LogP contribution is 2.46. The van der Waals surface area contributed by atoms with Gasteiger partial charge in [0, 0.05) is 24.1 Å². The van der Waals surface area contributed by atoms with Crippen molar-refractivity contribution in [1.82, 2.24) is 0 Å². The van der Waals surface area contributed by atoms with Crippen molar-refractivity contribution in [2.24, 2.45) is 7.05 Å². The van der Waals surface area contributed by atoms with Crippen LogP contribution in [0.15, 0.2) is 64.7 Å². The topological polar surface area (TPSA) is 7.12 Å². The molecule has 0 unspecified atom stereocenters. The summed E-state index contributed by atoms with van der Waals surface area (Å²) in [5.74, 6) is 0. The average molecular weight is 319 g/mol. The van der Waals surface area contributed by atoms with E-state index >= 15 is 0 Å². The maximum atomic E-state index is 2.29. The first-order chi connectivity index (χ1) is 11.1. The van der Waals surface area contributed by atoms with Crippen molar-refractivity contribution >= 4 is 34.4 Å². The number of fused-ring (bicyclic) bond motifs is 2. The van der Waals surface area contributed by atoms with Crippen LogP contribution in [0.25, 0.3) is 17.0 Å². The molecule has 2 heterocycles. The largest absolute Gasteiger partial charge is 0.338 e. The molecule has 0 saturated carbocycles. The third-order valence-corrected chi connectivity index (χ3v) is 5.54. The average Bonchev–Trinajstić information content (AvgIpc) is 2.86. The maximum Gasteiger partial charge on any atom is 0.212 e. The summed E-state index contributed by atoms with van der Waals surface area (Å²) in [7, 11) is 4.24. The van der Waals surface area contributed by atoms with Crippen molar-refractivity contribution < 1.29 is 4.57 Å². The Morgan fingerprint density at radius 2 is 1.91 bits per heavy atom. The molecule has 0 fully saturated rings. The summed E-state index contributed by atoms with van der Waals surface area (Å²) < 4.78 is 2.17. The van der Waals surface area contributed by atoms with E-state index in [4.69, 9.17) is 0 Å². The van der Waals surface area contributed by atoms with Crippen molar-refractivity contribution in [3.05, 3.63) is 70.9 Å². The Balaban J connectivity index is 1.82. The molecule has 23 heavy (non-hydrogen) atoms. The smallest absolute Gasteiger partial charge is 0.212 e. The van der Waals surface area contributed by atoms with Gasteiger partial charge in [-0.2, -0.15) is 0 Å². The number of para-hydroxylation sites is 1. The summed E-state index contributed by atoms with van der Waals surface area (Å²) in [5, 5.41) is 2.55.